The van der Waals surface area contributed by atoms with Crippen LogP contribution in [0.1, 0.15) is 40.3 Å². The smallest absolute Gasteiger partial charge is 0.253 e. The Balaban J connectivity index is 1.61. The van der Waals surface area contributed by atoms with Crippen LogP contribution < -0.4 is 10.6 Å². The molecule has 3 aromatic carbocycles. The largest absolute Gasteiger partial charge is 0.342 e. The van der Waals surface area contributed by atoms with Gasteiger partial charge in [-0.2, -0.15) is 0 Å². The third-order valence-corrected chi connectivity index (χ3v) is 6.11. The van der Waals surface area contributed by atoms with Crippen molar-refractivity contribution in [3.8, 4) is 0 Å². The van der Waals surface area contributed by atoms with E-state index in [4.69, 9.17) is 28.2 Å². The van der Waals surface area contributed by atoms with Gasteiger partial charge in [0.1, 0.15) is 12.4 Å². The maximum absolute atomic E-state index is 13.0. The van der Waals surface area contributed by atoms with Gasteiger partial charge in [-0.25, -0.2) is 4.98 Å². The van der Waals surface area contributed by atoms with Crippen LogP contribution in [-0.2, 0) is 11.3 Å². The van der Waals surface area contributed by atoms with Crippen LogP contribution in [0.2, 0.25) is 10.0 Å². The van der Waals surface area contributed by atoms with Gasteiger partial charge < -0.3 is 15.2 Å². The maximum Gasteiger partial charge on any atom is 0.253 e. The predicted octanol–water partition coefficient (Wildman–Crippen LogP) is 6.09. The summed E-state index contributed by atoms with van der Waals surface area (Å²) >= 11 is 12.1. The number of nitrogens with zero attached hydrogens (tertiary/aromatic N) is 2. The molecule has 0 aliphatic carbocycles. The molecule has 1 aromatic heterocycles. The first-order valence-electron chi connectivity index (χ1n) is 10.8. The topological polar surface area (TPSA) is 76.0 Å². The molecule has 4 rings (SSSR count). The SMILES string of the molecule is Cc1ccc(C)c(NC(=O)Cn2c([C@H](C)NC(=O)c3ccc(Cl)cc3Cl)nc3ccccc32)c1. The molecule has 174 valence electrons. The summed E-state index contributed by atoms with van der Waals surface area (Å²) in [5.41, 5.74) is 4.67. The second kappa shape index (κ2) is 9.87. The molecule has 0 bridgehead atoms. The van der Waals surface area contributed by atoms with E-state index in [0.717, 1.165) is 27.8 Å². The fraction of sp³-hybridized carbons (Fsp3) is 0.192. The fourth-order valence-corrected chi connectivity index (χ4v) is 4.30. The number of carbonyl (C=O) groups is 2. The zero-order chi connectivity index (χ0) is 24.4. The molecule has 1 atom stereocenters. The first-order valence-corrected chi connectivity index (χ1v) is 11.6. The Hall–Kier alpha value is -3.35. The van der Waals surface area contributed by atoms with Crippen molar-refractivity contribution in [3.05, 3.63) is 93.2 Å². The van der Waals surface area contributed by atoms with Gasteiger partial charge >= 0.3 is 0 Å². The molecule has 34 heavy (non-hydrogen) atoms. The Labute approximate surface area is 207 Å². The zero-order valence-electron chi connectivity index (χ0n) is 19.0. The normalized spacial score (nSPS) is 11.9. The highest BCUT2D eigenvalue weighted by atomic mass is 35.5. The second-order valence-electron chi connectivity index (χ2n) is 8.23. The summed E-state index contributed by atoms with van der Waals surface area (Å²) in [7, 11) is 0. The van der Waals surface area contributed by atoms with E-state index in [1.165, 1.54) is 6.07 Å². The fourth-order valence-electron chi connectivity index (χ4n) is 3.81. The number of aromatic nitrogens is 2. The van der Waals surface area contributed by atoms with Crippen LogP contribution in [0, 0.1) is 13.8 Å². The molecule has 6 nitrogen and oxygen atoms in total. The number of imidazole rings is 1. The lowest BCUT2D eigenvalue weighted by atomic mass is 10.1. The Morgan fingerprint density at radius 1 is 1.03 bits per heavy atom. The van der Waals surface area contributed by atoms with Gasteiger partial charge in [-0.05, 0) is 68.3 Å². The average molecular weight is 495 g/mol. The molecule has 0 aliphatic heterocycles. The van der Waals surface area contributed by atoms with Crippen LogP contribution in [-0.4, -0.2) is 21.4 Å². The monoisotopic (exact) mass is 494 g/mol. The summed E-state index contributed by atoms with van der Waals surface area (Å²) in [4.78, 5) is 30.6. The lowest BCUT2D eigenvalue weighted by Crippen LogP contribution is -2.30. The van der Waals surface area contributed by atoms with Crippen LogP contribution >= 0.6 is 23.2 Å². The zero-order valence-corrected chi connectivity index (χ0v) is 20.5. The van der Waals surface area contributed by atoms with E-state index in [1.54, 1.807) is 12.1 Å². The molecule has 0 unspecified atom stereocenters. The minimum atomic E-state index is -0.486. The second-order valence-corrected chi connectivity index (χ2v) is 9.07. The number of benzene rings is 3. The third kappa shape index (κ3) is 5.08. The molecule has 0 spiro atoms. The van der Waals surface area contributed by atoms with Gasteiger partial charge in [0.2, 0.25) is 5.91 Å². The minimum Gasteiger partial charge on any atom is -0.342 e. The van der Waals surface area contributed by atoms with Gasteiger partial charge in [0.15, 0.2) is 0 Å². The molecule has 1 heterocycles. The number of nitrogens with one attached hydrogen (secondary N) is 2. The van der Waals surface area contributed by atoms with Crippen molar-refractivity contribution >= 4 is 51.7 Å². The van der Waals surface area contributed by atoms with Crippen molar-refractivity contribution in [2.24, 2.45) is 0 Å². The Kier molecular flexibility index (Phi) is 6.91. The van der Waals surface area contributed by atoms with E-state index in [1.807, 2.05) is 67.8 Å². The van der Waals surface area contributed by atoms with Crippen molar-refractivity contribution in [2.75, 3.05) is 5.32 Å². The van der Waals surface area contributed by atoms with E-state index in [-0.39, 0.29) is 23.4 Å². The molecule has 2 N–H and O–H groups in total. The maximum atomic E-state index is 13.0. The molecular weight excluding hydrogens is 471 g/mol. The van der Waals surface area contributed by atoms with E-state index >= 15 is 0 Å². The van der Waals surface area contributed by atoms with Crippen molar-refractivity contribution in [3.63, 3.8) is 0 Å². The first kappa shape index (κ1) is 23.8. The molecular formula is C26H24Cl2N4O2. The molecule has 4 aromatic rings. The number of hydrogen-bond acceptors (Lipinski definition) is 3. The summed E-state index contributed by atoms with van der Waals surface area (Å²) in [6.45, 7) is 5.80. The molecule has 2 amide bonds. The van der Waals surface area contributed by atoms with Crippen LogP contribution in [0.3, 0.4) is 0 Å². The van der Waals surface area contributed by atoms with Gasteiger partial charge in [-0.3, -0.25) is 9.59 Å². The average Bonchev–Trinajstić information content (AvgIpc) is 3.14. The third-order valence-electron chi connectivity index (χ3n) is 5.56. The number of carbonyl (C=O) groups excluding carboxylic acids is 2. The molecule has 0 saturated carbocycles. The number of anilines is 1. The minimum absolute atomic E-state index is 0.0468. The number of para-hydroxylation sites is 2. The van der Waals surface area contributed by atoms with Crippen molar-refractivity contribution in [1.29, 1.82) is 0 Å². The van der Waals surface area contributed by atoms with Gasteiger partial charge in [0.05, 0.1) is 27.7 Å². The van der Waals surface area contributed by atoms with Gasteiger partial charge in [0.25, 0.3) is 5.91 Å². The van der Waals surface area contributed by atoms with Crippen LogP contribution in [0.25, 0.3) is 11.0 Å². The lowest BCUT2D eigenvalue weighted by Gasteiger charge is -2.17. The van der Waals surface area contributed by atoms with Gasteiger partial charge in [0, 0.05) is 10.7 Å². The number of halogens is 2. The number of hydrogen-bond donors (Lipinski definition) is 2. The summed E-state index contributed by atoms with van der Waals surface area (Å²) < 4.78 is 1.82. The van der Waals surface area contributed by atoms with E-state index in [0.29, 0.717) is 16.4 Å². The predicted molar refractivity (Wildman–Crippen MR) is 137 cm³/mol. The summed E-state index contributed by atoms with van der Waals surface area (Å²) in [5, 5.41) is 6.64. The highest BCUT2D eigenvalue weighted by Crippen LogP contribution is 2.24. The van der Waals surface area contributed by atoms with E-state index < -0.39 is 6.04 Å². The Morgan fingerprint density at radius 2 is 1.79 bits per heavy atom. The van der Waals surface area contributed by atoms with Crippen LogP contribution in [0.15, 0.2) is 60.7 Å². The Morgan fingerprint density at radius 3 is 2.56 bits per heavy atom. The number of fused-ring (bicyclic) bond motifs is 1. The molecule has 0 fully saturated rings. The van der Waals surface area contributed by atoms with Gasteiger partial charge in [-0.15, -0.1) is 0 Å². The summed E-state index contributed by atoms with van der Waals surface area (Å²) in [6.07, 6.45) is 0. The first-order chi connectivity index (χ1) is 16.2. The summed E-state index contributed by atoms with van der Waals surface area (Å²) in [6, 6.07) is 17.7. The Bertz CT molecular complexity index is 1400. The number of amides is 2. The quantitative estimate of drug-likeness (QED) is 0.340. The van der Waals surface area contributed by atoms with Crippen molar-refractivity contribution in [2.45, 2.75) is 33.4 Å². The summed E-state index contributed by atoms with van der Waals surface area (Å²) in [5.74, 6) is 0.0285. The van der Waals surface area contributed by atoms with Crippen molar-refractivity contribution in [1.82, 2.24) is 14.9 Å². The number of aryl methyl sites for hydroxylation is 2. The lowest BCUT2D eigenvalue weighted by molar-refractivity contribution is -0.116. The molecule has 0 radical (unpaired) electrons. The van der Waals surface area contributed by atoms with Gasteiger partial charge in [-0.1, -0.05) is 47.5 Å². The number of rotatable bonds is 6. The van der Waals surface area contributed by atoms with Crippen molar-refractivity contribution < 1.29 is 9.59 Å². The standard InChI is InChI=1S/C26H24Cl2N4O2/c1-15-8-9-16(2)22(12-15)30-24(33)14-32-23-7-5-4-6-21(23)31-25(32)17(3)29-26(34)19-11-10-18(27)13-20(19)28/h4-13,17H,14H2,1-3H3,(H,29,34)(H,30,33)/t17-/m0/s1. The van der Waals surface area contributed by atoms with Crippen LogP contribution in [0.5, 0.6) is 0 Å². The molecule has 8 heteroatoms. The highest BCUT2D eigenvalue weighted by Gasteiger charge is 2.22. The van der Waals surface area contributed by atoms with E-state index in [9.17, 15) is 9.59 Å². The van der Waals surface area contributed by atoms with Crippen LogP contribution in [0.4, 0.5) is 5.69 Å². The van der Waals surface area contributed by atoms with E-state index in [2.05, 4.69) is 10.6 Å². The molecule has 0 aliphatic rings. The highest BCUT2D eigenvalue weighted by molar-refractivity contribution is 6.36. The molecule has 0 saturated heterocycles.